The highest BCUT2D eigenvalue weighted by Crippen LogP contribution is 2.08. The van der Waals surface area contributed by atoms with Gasteiger partial charge < -0.3 is 9.64 Å². The van der Waals surface area contributed by atoms with Crippen LogP contribution in [0.5, 0.6) is 0 Å². The molecule has 0 aromatic rings. The number of hydrogen-bond donors (Lipinski definition) is 1. The molecule has 84 valence electrons. The van der Waals surface area contributed by atoms with Gasteiger partial charge in [0.05, 0.1) is 13.2 Å². The molecule has 0 atom stereocenters. The van der Waals surface area contributed by atoms with Gasteiger partial charge in [0.15, 0.2) is 6.54 Å². The summed E-state index contributed by atoms with van der Waals surface area (Å²) in [7, 11) is 0. The van der Waals surface area contributed by atoms with Crippen LogP contribution >= 0.6 is 0 Å². The van der Waals surface area contributed by atoms with E-state index in [0.29, 0.717) is 19.5 Å². The third kappa shape index (κ3) is 2.54. The van der Waals surface area contributed by atoms with Crippen molar-refractivity contribution >= 4 is 11.8 Å². The Hall–Kier alpha value is -0.940. The van der Waals surface area contributed by atoms with E-state index in [1.807, 2.05) is 0 Å². The molecule has 2 aliphatic rings. The Labute approximate surface area is 89.0 Å². The smallest absolute Gasteiger partial charge is 0.284 e. The van der Waals surface area contributed by atoms with E-state index in [0.717, 1.165) is 32.7 Å². The van der Waals surface area contributed by atoms with Crippen LogP contribution in [0.2, 0.25) is 0 Å². The Bertz CT molecular complexity index is 261. The molecule has 0 radical (unpaired) electrons. The topological polar surface area (TPSA) is 51.0 Å². The second-order valence-electron chi connectivity index (χ2n) is 4.08. The SMILES string of the molecule is O=C1CCCN1C(=O)C[NH+]1CCOCC1. The van der Waals surface area contributed by atoms with Gasteiger partial charge in [-0.15, -0.1) is 0 Å². The van der Waals surface area contributed by atoms with Gasteiger partial charge in [-0.25, -0.2) is 0 Å². The number of imide groups is 1. The maximum Gasteiger partial charge on any atom is 0.284 e. The van der Waals surface area contributed by atoms with Crippen molar-refractivity contribution in [3.63, 3.8) is 0 Å². The van der Waals surface area contributed by atoms with Crippen LogP contribution in [0.3, 0.4) is 0 Å². The lowest BCUT2D eigenvalue weighted by Crippen LogP contribution is -3.15. The van der Waals surface area contributed by atoms with Crippen molar-refractivity contribution in [2.45, 2.75) is 12.8 Å². The highest BCUT2D eigenvalue weighted by Gasteiger charge is 2.29. The number of carbonyl (C=O) groups excluding carboxylic acids is 2. The van der Waals surface area contributed by atoms with Crippen molar-refractivity contribution in [3.05, 3.63) is 0 Å². The van der Waals surface area contributed by atoms with E-state index in [2.05, 4.69) is 0 Å². The van der Waals surface area contributed by atoms with Gasteiger partial charge in [0.2, 0.25) is 5.91 Å². The van der Waals surface area contributed by atoms with Crippen LogP contribution in [0.25, 0.3) is 0 Å². The fraction of sp³-hybridized carbons (Fsp3) is 0.800. The van der Waals surface area contributed by atoms with Crippen molar-refractivity contribution < 1.29 is 19.2 Å². The number of rotatable bonds is 2. The van der Waals surface area contributed by atoms with Crippen molar-refractivity contribution in [2.75, 3.05) is 39.4 Å². The standard InChI is InChI=1S/C10H16N2O3/c13-9-2-1-3-12(9)10(14)8-11-4-6-15-7-5-11/h1-8H2/p+1. The molecule has 0 aromatic heterocycles. The summed E-state index contributed by atoms with van der Waals surface area (Å²) in [6.45, 7) is 4.23. The highest BCUT2D eigenvalue weighted by atomic mass is 16.5. The van der Waals surface area contributed by atoms with Crippen LogP contribution in [0.15, 0.2) is 0 Å². The Morgan fingerprint density at radius 1 is 1.40 bits per heavy atom. The Balaban J connectivity index is 1.82. The first-order valence-electron chi connectivity index (χ1n) is 5.52. The molecule has 0 aliphatic carbocycles. The zero-order valence-electron chi connectivity index (χ0n) is 8.83. The van der Waals surface area contributed by atoms with E-state index in [-0.39, 0.29) is 11.8 Å². The molecular formula is C10H17N2O3+. The largest absolute Gasteiger partial charge is 0.370 e. The number of quaternary nitrogens is 1. The predicted octanol–water partition coefficient (Wildman–Crippen LogP) is -1.95. The van der Waals surface area contributed by atoms with Crippen molar-refractivity contribution in [1.29, 1.82) is 0 Å². The monoisotopic (exact) mass is 213 g/mol. The van der Waals surface area contributed by atoms with Gasteiger partial charge in [-0.2, -0.15) is 0 Å². The fourth-order valence-electron chi connectivity index (χ4n) is 2.06. The van der Waals surface area contributed by atoms with Crippen LogP contribution < -0.4 is 4.90 Å². The van der Waals surface area contributed by atoms with Crippen molar-refractivity contribution in [1.82, 2.24) is 4.90 Å². The van der Waals surface area contributed by atoms with Gasteiger partial charge in [0.25, 0.3) is 5.91 Å². The Morgan fingerprint density at radius 3 is 2.73 bits per heavy atom. The van der Waals surface area contributed by atoms with Gasteiger partial charge in [-0.05, 0) is 6.42 Å². The summed E-state index contributed by atoms with van der Waals surface area (Å²) >= 11 is 0. The minimum absolute atomic E-state index is 0.00680. The lowest BCUT2D eigenvalue weighted by molar-refractivity contribution is -0.900. The molecule has 2 fully saturated rings. The summed E-state index contributed by atoms with van der Waals surface area (Å²) in [4.78, 5) is 25.7. The number of hydrogen-bond acceptors (Lipinski definition) is 3. The molecule has 0 bridgehead atoms. The lowest BCUT2D eigenvalue weighted by atomic mass is 10.4. The first-order valence-corrected chi connectivity index (χ1v) is 5.52. The second kappa shape index (κ2) is 4.72. The van der Waals surface area contributed by atoms with Crippen molar-refractivity contribution in [3.8, 4) is 0 Å². The van der Waals surface area contributed by atoms with Crippen LogP contribution in [-0.4, -0.2) is 56.1 Å². The molecule has 2 amide bonds. The molecule has 0 aromatic carbocycles. The second-order valence-corrected chi connectivity index (χ2v) is 4.08. The number of likely N-dealkylation sites (tertiary alicyclic amines) is 1. The van der Waals surface area contributed by atoms with Gasteiger partial charge >= 0.3 is 0 Å². The normalized spacial score (nSPS) is 23.5. The van der Waals surface area contributed by atoms with E-state index in [1.54, 1.807) is 0 Å². The number of amides is 2. The van der Waals surface area contributed by atoms with Gasteiger partial charge in [0, 0.05) is 13.0 Å². The molecule has 2 saturated heterocycles. The summed E-state index contributed by atoms with van der Waals surface area (Å²) < 4.78 is 5.22. The quantitative estimate of drug-likeness (QED) is 0.580. The number of morpholine rings is 1. The van der Waals surface area contributed by atoms with Crippen molar-refractivity contribution in [2.24, 2.45) is 0 Å². The molecule has 0 unspecified atom stereocenters. The van der Waals surface area contributed by atoms with Crippen LogP contribution in [-0.2, 0) is 14.3 Å². The molecule has 2 aliphatic heterocycles. The summed E-state index contributed by atoms with van der Waals surface area (Å²) in [6.07, 6.45) is 1.35. The van der Waals surface area contributed by atoms with Crippen LogP contribution in [0.1, 0.15) is 12.8 Å². The third-order valence-electron chi connectivity index (χ3n) is 2.98. The number of nitrogens with zero attached hydrogens (tertiary/aromatic N) is 1. The van der Waals surface area contributed by atoms with Gasteiger partial charge in [-0.3, -0.25) is 14.5 Å². The Morgan fingerprint density at radius 2 is 2.13 bits per heavy atom. The average Bonchev–Trinajstić information content (AvgIpc) is 2.66. The molecule has 1 N–H and O–H groups in total. The first kappa shape index (κ1) is 10.6. The summed E-state index contributed by atoms with van der Waals surface area (Å²) in [5, 5.41) is 0. The molecule has 0 spiro atoms. The van der Waals surface area contributed by atoms with E-state index in [9.17, 15) is 9.59 Å². The first-order chi connectivity index (χ1) is 7.27. The maximum absolute atomic E-state index is 11.8. The highest BCUT2D eigenvalue weighted by molar-refractivity contribution is 5.97. The Kier molecular flexibility index (Phi) is 3.33. The number of ether oxygens (including phenoxy) is 1. The predicted molar refractivity (Wildman–Crippen MR) is 52.3 cm³/mol. The van der Waals surface area contributed by atoms with E-state index in [1.165, 1.54) is 9.80 Å². The van der Waals surface area contributed by atoms with E-state index < -0.39 is 0 Å². The molecule has 2 heterocycles. The summed E-state index contributed by atoms with van der Waals surface area (Å²) in [5.41, 5.74) is 0. The minimum atomic E-state index is -0.0191. The van der Waals surface area contributed by atoms with Crippen LogP contribution in [0, 0.1) is 0 Å². The lowest BCUT2D eigenvalue weighted by Gasteiger charge is -2.24. The number of carbonyl (C=O) groups is 2. The zero-order valence-corrected chi connectivity index (χ0v) is 8.83. The summed E-state index contributed by atoms with van der Waals surface area (Å²) in [6, 6.07) is 0. The van der Waals surface area contributed by atoms with Gasteiger partial charge in [-0.1, -0.05) is 0 Å². The summed E-state index contributed by atoms with van der Waals surface area (Å²) in [5.74, 6) is -0.0259. The molecule has 5 nitrogen and oxygen atoms in total. The molecule has 15 heavy (non-hydrogen) atoms. The molecular weight excluding hydrogens is 196 g/mol. The minimum Gasteiger partial charge on any atom is -0.370 e. The maximum atomic E-state index is 11.8. The third-order valence-corrected chi connectivity index (χ3v) is 2.98. The number of nitrogens with one attached hydrogen (secondary N) is 1. The molecule has 0 saturated carbocycles. The average molecular weight is 213 g/mol. The molecule has 5 heteroatoms. The zero-order chi connectivity index (χ0) is 10.7. The van der Waals surface area contributed by atoms with Gasteiger partial charge in [0.1, 0.15) is 13.1 Å². The van der Waals surface area contributed by atoms with E-state index in [4.69, 9.17) is 4.74 Å². The van der Waals surface area contributed by atoms with E-state index >= 15 is 0 Å². The van der Waals surface area contributed by atoms with Crippen LogP contribution in [0.4, 0.5) is 0 Å². The fourth-order valence-corrected chi connectivity index (χ4v) is 2.06. The molecule has 2 rings (SSSR count).